The van der Waals surface area contributed by atoms with Crippen LogP contribution in [0.2, 0.25) is 0 Å². The first-order valence-corrected chi connectivity index (χ1v) is 5.61. The predicted octanol–water partition coefficient (Wildman–Crippen LogP) is 2.73. The van der Waals surface area contributed by atoms with Gasteiger partial charge in [0, 0.05) is 0 Å². The van der Waals surface area contributed by atoms with Crippen LogP contribution in [0.25, 0.3) is 0 Å². The number of carbonyl (C=O) groups excluding carboxylic acids is 1. The molecule has 0 aromatic rings. The summed E-state index contributed by atoms with van der Waals surface area (Å²) < 4.78 is 60.2. The summed E-state index contributed by atoms with van der Waals surface area (Å²) in [5, 5.41) is 0. The molecule has 0 aliphatic heterocycles. The number of amides is 2. The number of nitrogens with zero attached hydrogens (tertiary/aromatic N) is 1. The van der Waals surface area contributed by atoms with Gasteiger partial charge < -0.3 is 16.0 Å². The average Bonchev–Trinajstić information content (AvgIpc) is 1.39. The quantitative estimate of drug-likeness (QED) is 0.399. The van der Waals surface area contributed by atoms with Crippen LogP contribution >= 0.6 is 7.81 Å². The Bertz CT molecular complexity index is 207. The Morgan fingerprint density at radius 2 is 0.875 bits per heavy atom. The van der Waals surface area contributed by atoms with Gasteiger partial charge in [-0.3, -0.25) is 0 Å². The summed E-state index contributed by atoms with van der Waals surface area (Å²) in [6, 6.07) is -0.833. The van der Waals surface area contributed by atoms with Gasteiger partial charge in [0.1, 0.15) is 0 Å². The first-order chi connectivity index (χ1) is 6.18. The zero-order valence-electron chi connectivity index (χ0n) is 9.23. The number of urea groups is 1. The van der Waals surface area contributed by atoms with Crippen LogP contribution in [0.15, 0.2) is 0 Å². The van der Waals surface area contributed by atoms with Crippen LogP contribution in [0, 0.1) is 0 Å². The fraction of sp³-hybridized carbons (Fsp3) is 0.800. The molecule has 104 valence electrons. The molecule has 16 heavy (non-hydrogen) atoms. The Balaban J connectivity index is -0.000000166. The average molecular weight is 279 g/mol. The Kier molecular flexibility index (Phi) is 5.96. The first-order valence-electron chi connectivity index (χ1n) is 3.58. The molecule has 0 heterocycles. The third-order valence-electron chi connectivity index (χ3n) is 0. The predicted molar refractivity (Wildman–Crippen MR) is 51.3 cm³/mol. The van der Waals surface area contributed by atoms with Crippen molar-refractivity contribution in [3.05, 3.63) is 0 Å². The Labute approximate surface area is 89.0 Å². The van der Waals surface area contributed by atoms with E-state index in [4.69, 9.17) is 4.79 Å². The van der Waals surface area contributed by atoms with Crippen LogP contribution in [0.1, 0.15) is 0 Å². The third-order valence-corrected chi connectivity index (χ3v) is 0. The van der Waals surface area contributed by atoms with Gasteiger partial charge in [-0.15, -0.1) is 0 Å². The van der Waals surface area contributed by atoms with Crippen LogP contribution in [-0.2, 0) is 0 Å². The van der Waals surface area contributed by atoms with Gasteiger partial charge in [-0.1, -0.05) is 0 Å². The van der Waals surface area contributed by atoms with Crippen molar-refractivity contribution in [1.29, 1.82) is 0 Å². The topological polar surface area (TPSA) is 69.1 Å². The minimum atomic E-state index is -10.7. The summed E-state index contributed by atoms with van der Waals surface area (Å²) >= 11 is 0. The molecule has 0 aliphatic carbocycles. The van der Waals surface area contributed by atoms with E-state index in [1.165, 1.54) is 0 Å². The van der Waals surface area contributed by atoms with Gasteiger partial charge in [0.25, 0.3) is 0 Å². The molecule has 2 amide bonds. The molecule has 0 bridgehead atoms. The Morgan fingerprint density at radius 1 is 0.875 bits per heavy atom. The molecule has 0 aliphatic rings. The normalized spacial score (nSPS) is 15.4. The molecule has 0 fully saturated rings. The van der Waals surface area contributed by atoms with Crippen molar-refractivity contribution in [3.63, 3.8) is 0 Å². The second kappa shape index (κ2) is 4.62. The van der Waals surface area contributed by atoms with Crippen LogP contribution in [0.3, 0.4) is 0 Å². The van der Waals surface area contributed by atoms with Crippen molar-refractivity contribution in [1.82, 2.24) is 0 Å². The van der Waals surface area contributed by atoms with Gasteiger partial charge in [0.15, 0.2) is 0 Å². The number of primary amides is 2. The van der Waals surface area contributed by atoms with Crippen molar-refractivity contribution in [2.45, 2.75) is 0 Å². The number of carbonyl (C=O) groups is 1. The van der Waals surface area contributed by atoms with E-state index in [9.17, 15) is 25.2 Å². The fourth-order valence-electron chi connectivity index (χ4n) is 0. The smallest absolute Gasteiger partial charge is 0.309 e. The van der Waals surface area contributed by atoms with E-state index in [0.717, 1.165) is 4.48 Å². The maximum atomic E-state index is 9.87. The summed E-state index contributed by atoms with van der Waals surface area (Å²) in [4.78, 5) is 9.00. The summed E-state index contributed by atoms with van der Waals surface area (Å²) in [5.41, 5.74) is 8.50. The Hall–Kier alpha value is -0.760. The number of hydrogen-bond donors (Lipinski definition) is 2. The molecule has 11 heteroatoms. The van der Waals surface area contributed by atoms with Crippen molar-refractivity contribution in [2.24, 2.45) is 11.5 Å². The third kappa shape index (κ3) is 3430. The van der Waals surface area contributed by atoms with Gasteiger partial charge in [0.05, 0.1) is 28.2 Å². The van der Waals surface area contributed by atoms with Crippen molar-refractivity contribution < 1.29 is 34.5 Å². The van der Waals surface area contributed by atoms with E-state index in [0.29, 0.717) is 0 Å². The van der Waals surface area contributed by atoms with Crippen molar-refractivity contribution >= 4 is 13.8 Å². The molecular weight excluding hydrogens is 263 g/mol. The molecule has 0 saturated heterocycles. The number of halogens is 6. The van der Waals surface area contributed by atoms with Crippen molar-refractivity contribution in [3.8, 4) is 0 Å². The molecule has 4 N–H and O–H groups in total. The number of hydrogen-bond acceptors (Lipinski definition) is 1. The van der Waals surface area contributed by atoms with Gasteiger partial charge in [-0.05, 0) is 0 Å². The van der Waals surface area contributed by atoms with E-state index >= 15 is 0 Å². The van der Waals surface area contributed by atoms with E-state index in [-0.39, 0.29) is 0 Å². The van der Waals surface area contributed by atoms with E-state index in [1.807, 2.05) is 0 Å². The van der Waals surface area contributed by atoms with Crippen molar-refractivity contribution in [2.75, 3.05) is 28.2 Å². The molecule has 0 aromatic carbocycles. The van der Waals surface area contributed by atoms with Crippen LogP contribution in [-0.4, -0.2) is 38.7 Å². The second-order valence-corrected chi connectivity index (χ2v) is 5.96. The molecular formula is C5H16F6N3OP. The summed E-state index contributed by atoms with van der Waals surface area (Å²) in [6.07, 6.45) is 0. The molecule has 0 atom stereocenters. The van der Waals surface area contributed by atoms with Gasteiger partial charge in [-0.2, -0.15) is 0 Å². The van der Waals surface area contributed by atoms with Crippen LogP contribution in [0.5, 0.6) is 0 Å². The largest absolute Gasteiger partial charge is 0.352 e. The van der Waals surface area contributed by atoms with E-state index in [2.05, 4.69) is 39.7 Å². The SMILES string of the molecule is C[N+](C)(C)C.F[P-](F)(F)(F)(F)F.NC(N)=O. The number of rotatable bonds is 0. The summed E-state index contributed by atoms with van der Waals surface area (Å²) in [6.45, 7) is 0. The second-order valence-electron chi connectivity index (χ2n) is 4.04. The van der Waals surface area contributed by atoms with E-state index in [1.54, 1.807) is 0 Å². The van der Waals surface area contributed by atoms with E-state index < -0.39 is 13.8 Å². The maximum Gasteiger partial charge on any atom is 0.309 e. The molecule has 4 nitrogen and oxygen atoms in total. The number of quaternary nitrogens is 1. The fourth-order valence-corrected chi connectivity index (χ4v) is 0. The van der Waals surface area contributed by atoms with Crippen LogP contribution < -0.4 is 11.5 Å². The monoisotopic (exact) mass is 279 g/mol. The molecule has 0 unspecified atom stereocenters. The zero-order chi connectivity index (χ0) is 14.5. The summed E-state index contributed by atoms with van der Waals surface area (Å²) in [5.74, 6) is 0. The summed E-state index contributed by atoms with van der Waals surface area (Å²) in [7, 11) is -2.16. The zero-order valence-corrected chi connectivity index (χ0v) is 10.1. The van der Waals surface area contributed by atoms with Gasteiger partial charge in [-0.25, -0.2) is 4.79 Å². The van der Waals surface area contributed by atoms with Gasteiger partial charge >= 0.3 is 39.0 Å². The molecule has 0 rings (SSSR count). The molecule has 0 aromatic heterocycles. The maximum absolute atomic E-state index is 10.7. The number of nitrogens with two attached hydrogens (primary N) is 2. The molecule has 0 saturated carbocycles. The van der Waals surface area contributed by atoms with Gasteiger partial charge in [0.2, 0.25) is 0 Å². The molecule has 0 spiro atoms. The Morgan fingerprint density at radius 3 is 0.875 bits per heavy atom. The minimum absolute atomic E-state index is 0.833. The standard InChI is InChI=1S/C4H12N.CH4N2O.F6P/c1-5(2,3)4;2-1(3)4;1-7(2,3,4,5)6/h1-4H3;(H4,2,3,4);/q+1;;-1. The van der Waals surface area contributed by atoms with Crippen LogP contribution in [0.4, 0.5) is 30.0 Å². The molecule has 0 radical (unpaired) electrons. The minimum Gasteiger partial charge on any atom is -0.352 e. The first kappa shape index (κ1) is 20.6.